The minimum absolute atomic E-state index is 0.754. The molecule has 2 fully saturated rings. The molecule has 1 aromatic heterocycles. The number of nitrogens with one attached hydrogen (secondary N) is 1. The van der Waals surface area contributed by atoms with Gasteiger partial charge in [0, 0.05) is 24.5 Å². The fourth-order valence-electron chi connectivity index (χ4n) is 3.53. The molecule has 3 nitrogen and oxygen atoms in total. The summed E-state index contributed by atoms with van der Waals surface area (Å²) in [4.78, 5) is 2.56. The third-order valence-electron chi connectivity index (χ3n) is 4.54. The van der Waals surface area contributed by atoms with Crippen LogP contribution in [0, 0.1) is 5.92 Å². The van der Waals surface area contributed by atoms with Crippen molar-refractivity contribution in [3.63, 3.8) is 0 Å². The number of piperidine rings is 2. The smallest absolute Gasteiger partial charge is 0.119 e. The maximum atomic E-state index is 4.58. The third kappa shape index (κ3) is 2.03. The lowest BCUT2D eigenvalue weighted by atomic mass is 9.85. The van der Waals surface area contributed by atoms with Crippen LogP contribution in [0.1, 0.15) is 19.3 Å². The van der Waals surface area contributed by atoms with Crippen LogP contribution in [0.15, 0.2) is 24.3 Å². The highest BCUT2D eigenvalue weighted by Gasteiger charge is 2.31. The summed E-state index contributed by atoms with van der Waals surface area (Å²) in [5.74, 6) is 0.823. The van der Waals surface area contributed by atoms with Gasteiger partial charge in [0.1, 0.15) is 5.00 Å². The van der Waals surface area contributed by atoms with Gasteiger partial charge in [-0.05, 0) is 55.4 Å². The zero-order chi connectivity index (χ0) is 12.7. The Morgan fingerprint density at radius 2 is 2.21 bits per heavy atom. The molecule has 0 amide bonds. The van der Waals surface area contributed by atoms with E-state index in [2.05, 4.69) is 38.9 Å². The summed E-state index contributed by atoms with van der Waals surface area (Å²) in [5.41, 5.74) is 1.14. The SMILES string of the molecule is c1ccc2c(N3CCC4NCCCC4C3)snc2c1. The molecule has 0 aliphatic carbocycles. The number of nitrogens with zero attached hydrogens (tertiary/aromatic N) is 2. The van der Waals surface area contributed by atoms with Gasteiger partial charge in [0.2, 0.25) is 0 Å². The number of anilines is 1. The van der Waals surface area contributed by atoms with Crippen LogP contribution in [0.25, 0.3) is 10.9 Å². The Hall–Kier alpha value is -1.13. The van der Waals surface area contributed by atoms with Crippen molar-refractivity contribution in [1.29, 1.82) is 0 Å². The molecular weight excluding hydrogens is 254 g/mol. The van der Waals surface area contributed by atoms with E-state index in [1.807, 2.05) is 0 Å². The zero-order valence-corrected chi connectivity index (χ0v) is 11.8. The average molecular weight is 273 g/mol. The lowest BCUT2D eigenvalue weighted by Gasteiger charge is -2.42. The second-order valence-electron chi connectivity index (χ2n) is 5.70. The molecule has 0 bridgehead atoms. The molecular formula is C15H19N3S. The first-order valence-corrected chi connectivity index (χ1v) is 8.02. The van der Waals surface area contributed by atoms with E-state index in [1.54, 1.807) is 11.5 Å². The molecule has 3 heterocycles. The summed E-state index contributed by atoms with van der Waals surface area (Å²) in [6.45, 7) is 3.58. The molecule has 1 N–H and O–H groups in total. The molecule has 2 aliphatic rings. The quantitative estimate of drug-likeness (QED) is 0.866. The lowest BCUT2D eigenvalue weighted by molar-refractivity contribution is 0.245. The molecule has 0 saturated carbocycles. The Bertz CT molecular complexity index is 580. The Labute approximate surface area is 117 Å². The van der Waals surface area contributed by atoms with Crippen molar-refractivity contribution in [1.82, 2.24) is 9.69 Å². The van der Waals surface area contributed by atoms with Crippen molar-refractivity contribution in [3.05, 3.63) is 24.3 Å². The molecule has 2 atom stereocenters. The first-order valence-electron chi connectivity index (χ1n) is 7.24. The summed E-state index contributed by atoms with van der Waals surface area (Å²) >= 11 is 1.66. The van der Waals surface area contributed by atoms with Gasteiger partial charge in [-0.3, -0.25) is 0 Å². The van der Waals surface area contributed by atoms with Crippen LogP contribution in [0.3, 0.4) is 0 Å². The van der Waals surface area contributed by atoms with Gasteiger partial charge in [-0.15, -0.1) is 0 Å². The summed E-state index contributed by atoms with van der Waals surface area (Å²) in [7, 11) is 0. The minimum atomic E-state index is 0.754. The van der Waals surface area contributed by atoms with Gasteiger partial charge in [0.25, 0.3) is 0 Å². The second kappa shape index (κ2) is 4.76. The number of hydrogen-bond donors (Lipinski definition) is 1. The van der Waals surface area contributed by atoms with Gasteiger partial charge in [-0.25, -0.2) is 0 Å². The Balaban J connectivity index is 1.62. The van der Waals surface area contributed by atoms with Crippen molar-refractivity contribution in [3.8, 4) is 0 Å². The van der Waals surface area contributed by atoms with Crippen LogP contribution in [0.4, 0.5) is 5.00 Å². The maximum absolute atomic E-state index is 4.58. The summed E-state index contributed by atoms with van der Waals surface area (Å²) in [6.07, 6.45) is 3.99. The van der Waals surface area contributed by atoms with Gasteiger partial charge in [-0.2, -0.15) is 4.37 Å². The highest BCUT2D eigenvalue weighted by molar-refractivity contribution is 7.11. The molecule has 2 unspecified atom stereocenters. The van der Waals surface area contributed by atoms with Gasteiger partial charge >= 0.3 is 0 Å². The lowest BCUT2D eigenvalue weighted by Crippen LogP contribution is -2.52. The molecule has 19 heavy (non-hydrogen) atoms. The summed E-state index contributed by atoms with van der Waals surface area (Å²) in [6, 6.07) is 9.27. The summed E-state index contributed by atoms with van der Waals surface area (Å²) in [5, 5.41) is 6.39. The molecule has 100 valence electrons. The molecule has 0 radical (unpaired) electrons. The van der Waals surface area contributed by atoms with E-state index >= 15 is 0 Å². The molecule has 2 aliphatic heterocycles. The largest absolute Gasteiger partial charge is 0.361 e. The Morgan fingerprint density at radius 1 is 1.26 bits per heavy atom. The third-order valence-corrected chi connectivity index (χ3v) is 5.48. The van der Waals surface area contributed by atoms with Crippen molar-refractivity contribution >= 4 is 27.4 Å². The normalized spacial score (nSPS) is 27.5. The number of aromatic nitrogens is 1. The number of benzene rings is 1. The fourth-order valence-corrected chi connectivity index (χ4v) is 4.43. The number of hydrogen-bond acceptors (Lipinski definition) is 4. The predicted molar refractivity (Wildman–Crippen MR) is 81.0 cm³/mol. The highest BCUT2D eigenvalue weighted by Crippen LogP contribution is 2.35. The van der Waals surface area contributed by atoms with E-state index in [4.69, 9.17) is 0 Å². The Kier molecular flexibility index (Phi) is 2.93. The van der Waals surface area contributed by atoms with Crippen LogP contribution in [0.5, 0.6) is 0 Å². The minimum Gasteiger partial charge on any atom is -0.361 e. The van der Waals surface area contributed by atoms with E-state index in [-0.39, 0.29) is 0 Å². The van der Waals surface area contributed by atoms with E-state index in [0.717, 1.165) is 17.5 Å². The fraction of sp³-hybridized carbons (Fsp3) is 0.533. The van der Waals surface area contributed by atoms with Gasteiger partial charge in [0.05, 0.1) is 5.52 Å². The molecule has 0 spiro atoms. The molecule has 4 heteroatoms. The topological polar surface area (TPSA) is 28.2 Å². The first-order chi connectivity index (χ1) is 9.42. The van der Waals surface area contributed by atoms with Crippen LogP contribution in [0.2, 0.25) is 0 Å². The van der Waals surface area contributed by atoms with E-state index in [0.29, 0.717) is 0 Å². The van der Waals surface area contributed by atoms with E-state index < -0.39 is 0 Å². The van der Waals surface area contributed by atoms with Crippen molar-refractivity contribution in [2.45, 2.75) is 25.3 Å². The van der Waals surface area contributed by atoms with Crippen LogP contribution in [-0.2, 0) is 0 Å². The molecule has 1 aromatic carbocycles. The monoisotopic (exact) mass is 273 g/mol. The first kappa shape index (κ1) is 11.7. The predicted octanol–water partition coefficient (Wildman–Crippen LogP) is 2.87. The Morgan fingerprint density at radius 3 is 3.21 bits per heavy atom. The molecule has 4 rings (SSSR count). The molecule has 2 saturated heterocycles. The van der Waals surface area contributed by atoms with Crippen LogP contribution in [-0.4, -0.2) is 30.0 Å². The van der Waals surface area contributed by atoms with Crippen LogP contribution < -0.4 is 10.2 Å². The van der Waals surface area contributed by atoms with E-state index in [9.17, 15) is 0 Å². The van der Waals surface area contributed by atoms with Gasteiger partial charge in [-0.1, -0.05) is 12.1 Å². The standard InChI is InChI=1S/C15H19N3S/c1-2-6-14-12(5-1)15(19-17-14)18-9-7-13-11(10-18)4-3-8-16-13/h1-2,5-6,11,13,16H,3-4,7-10H2. The number of fused-ring (bicyclic) bond motifs is 2. The van der Waals surface area contributed by atoms with E-state index in [1.165, 1.54) is 49.3 Å². The average Bonchev–Trinajstić information content (AvgIpc) is 2.91. The van der Waals surface area contributed by atoms with Crippen molar-refractivity contribution in [2.75, 3.05) is 24.5 Å². The molecule has 2 aromatic rings. The van der Waals surface area contributed by atoms with Crippen LogP contribution >= 0.6 is 11.5 Å². The van der Waals surface area contributed by atoms with Crippen molar-refractivity contribution in [2.24, 2.45) is 5.92 Å². The highest BCUT2D eigenvalue weighted by atomic mass is 32.1. The second-order valence-corrected chi connectivity index (χ2v) is 6.45. The zero-order valence-electron chi connectivity index (χ0n) is 11.0. The number of rotatable bonds is 1. The maximum Gasteiger partial charge on any atom is 0.119 e. The summed E-state index contributed by atoms with van der Waals surface area (Å²) < 4.78 is 4.58. The van der Waals surface area contributed by atoms with Gasteiger partial charge < -0.3 is 10.2 Å². The van der Waals surface area contributed by atoms with Crippen molar-refractivity contribution < 1.29 is 0 Å². The van der Waals surface area contributed by atoms with Gasteiger partial charge in [0.15, 0.2) is 0 Å².